The summed E-state index contributed by atoms with van der Waals surface area (Å²) in [6.45, 7) is 0.833. The van der Waals surface area contributed by atoms with Crippen LogP contribution in [0.2, 0.25) is 5.02 Å². The number of nitrogens with one attached hydrogen (secondary N) is 1. The van der Waals surface area contributed by atoms with Crippen LogP contribution < -0.4 is 5.32 Å². The van der Waals surface area contributed by atoms with E-state index in [2.05, 4.69) is 5.32 Å². The van der Waals surface area contributed by atoms with Gasteiger partial charge in [0.05, 0.1) is 5.56 Å². The first-order valence-electron chi connectivity index (χ1n) is 6.49. The zero-order valence-corrected chi connectivity index (χ0v) is 13.2. The van der Waals surface area contributed by atoms with Crippen molar-refractivity contribution >= 4 is 24.0 Å². The molecule has 0 radical (unpaired) electrons. The van der Waals surface area contributed by atoms with E-state index in [1.807, 2.05) is 0 Å². The fraction of sp³-hybridized carbons (Fsp3) is 0.538. The van der Waals surface area contributed by atoms with E-state index < -0.39 is 29.5 Å². The molecule has 1 aromatic carbocycles. The van der Waals surface area contributed by atoms with Crippen molar-refractivity contribution in [1.29, 1.82) is 0 Å². The first-order valence-corrected chi connectivity index (χ1v) is 6.86. The fourth-order valence-electron chi connectivity index (χ4n) is 2.45. The van der Waals surface area contributed by atoms with E-state index in [-0.39, 0.29) is 30.5 Å². The van der Waals surface area contributed by atoms with Gasteiger partial charge in [0.1, 0.15) is 6.04 Å². The molecule has 0 amide bonds. The summed E-state index contributed by atoms with van der Waals surface area (Å²) in [6.07, 6.45) is -9.44. The molecule has 0 aromatic heterocycles. The number of piperazine rings is 1. The van der Waals surface area contributed by atoms with Gasteiger partial charge in [-0.15, -0.1) is 12.4 Å². The Labute approximate surface area is 140 Å². The second-order valence-electron chi connectivity index (χ2n) is 4.96. The van der Waals surface area contributed by atoms with Gasteiger partial charge in [-0.1, -0.05) is 11.6 Å². The molecule has 1 aliphatic rings. The molecule has 1 N–H and O–H groups in total. The minimum atomic E-state index is -4.72. The largest absolute Gasteiger partial charge is 0.416 e. The van der Waals surface area contributed by atoms with E-state index in [0.29, 0.717) is 25.2 Å². The highest BCUT2D eigenvalue weighted by atomic mass is 35.5. The van der Waals surface area contributed by atoms with Gasteiger partial charge in [0.25, 0.3) is 0 Å². The Morgan fingerprint density at radius 3 is 2.09 bits per heavy atom. The van der Waals surface area contributed by atoms with Gasteiger partial charge in [-0.3, -0.25) is 4.90 Å². The van der Waals surface area contributed by atoms with Gasteiger partial charge in [-0.05, 0) is 23.8 Å². The van der Waals surface area contributed by atoms with Crippen LogP contribution in [-0.2, 0) is 6.18 Å². The molecule has 10 heteroatoms. The topological polar surface area (TPSA) is 15.3 Å². The Morgan fingerprint density at radius 1 is 1.04 bits per heavy atom. The van der Waals surface area contributed by atoms with Gasteiger partial charge in [-0.25, -0.2) is 0 Å². The molecular formula is C13H14Cl2F6N2. The fourth-order valence-corrected chi connectivity index (χ4v) is 2.67. The van der Waals surface area contributed by atoms with Crippen molar-refractivity contribution in [1.82, 2.24) is 10.2 Å². The lowest BCUT2D eigenvalue weighted by molar-refractivity contribution is -0.188. The predicted molar refractivity (Wildman–Crippen MR) is 76.9 cm³/mol. The molecule has 2 nitrogen and oxygen atoms in total. The Bertz CT molecular complexity index is 526. The van der Waals surface area contributed by atoms with Gasteiger partial charge in [0.15, 0.2) is 0 Å². The van der Waals surface area contributed by atoms with Crippen LogP contribution in [0.4, 0.5) is 26.3 Å². The number of rotatable bonds is 2. The molecule has 23 heavy (non-hydrogen) atoms. The number of hydrogen-bond acceptors (Lipinski definition) is 2. The van der Waals surface area contributed by atoms with Gasteiger partial charge in [0.2, 0.25) is 0 Å². The molecule has 1 fully saturated rings. The third-order valence-corrected chi connectivity index (χ3v) is 3.79. The van der Waals surface area contributed by atoms with Crippen molar-refractivity contribution in [2.24, 2.45) is 0 Å². The Balaban J connectivity index is 0.00000264. The number of nitrogens with zero attached hydrogens (tertiary/aromatic N) is 1. The summed E-state index contributed by atoms with van der Waals surface area (Å²) in [5.74, 6) is 0. The molecule has 0 spiro atoms. The highest BCUT2D eigenvalue weighted by Crippen LogP contribution is 2.42. The Morgan fingerprint density at radius 2 is 1.61 bits per heavy atom. The Hall–Kier alpha value is -0.700. The number of halogens is 8. The molecule has 1 heterocycles. The minimum Gasteiger partial charge on any atom is -0.314 e. The summed E-state index contributed by atoms with van der Waals surface area (Å²) in [6, 6.07) is -0.121. The van der Waals surface area contributed by atoms with Crippen LogP contribution in [0.3, 0.4) is 0 Å². The third kappa shape index (κ3) is 4.89. The van der Waals surface area contributed by atoms with E-state index >= 15 is 0 Å². The van der Waals surface area contributed by atoms with Crippen LogP contribution in [0.25, 0.3) is 0 Å². The molecule has 0 unspecified atom stereocenters. The lowest BCUT2D eigenvalue weighted by atomic mass is 10.0. The first-order chi connectivity index (χ1) is 10.1. The van der Waals surface area contributed by atoms with Crippen LogP contribution in [0.15, 0.2) is 18.2 Å². The van der Waals surface area contributed by atoms with E-state index in [1.165, 1.54) is 0 Å². The monoisotopic (exact) mass is 382 g/mol. The molecule has 1 aromatic rings. The molecule has 2 rings (SSSR count). The van der Waals surface area contributed by atoms with Crippen molar-refractivity contribution in [2.75, 3.05) is 26.2 Å². The van der Waals surface area contributed by atoms with Crippen LogP contribution in [0.1, 0.15) is 17.2 Å². The summed E-state index contributed by atoms with van der Waals surface area (Å²) >= 11 is 5.76. The van der Waals surface area contributed by atoms with Crippen LogP contribution in [0.5, 0.6) is 0 Å². The lowest BCUT2D eigenvalue weighted by Crippen LogP contribution is -2.49. The molecule has 1 atom stereocenters. The lowest BCUT2D eigenvalue weighted by Gasteiger charge is -2.36. The van der Waals surface area contributed by atoms with Crippen molar-refractivity contribution in [2.45, 2.75) is 18.4 Å². The van der Waals surface area contributed by atoms with Crippen molar-refractivity contribution in [3.8, 4) is 0 Å². The average molecular weight is 383 g/mol. The second-order valence-corrected chi connectivity index (χ2v) is 5.37. The molecule has 1 aliphatic heterocycles. The molecule has 132 valence electrons. The van der Waals surface area contributed by atoms with Gasteiger partial charge < -0.3 is 5.32 Å². The zero-order valence-electron chi connectivity index (χ0n) is 11.6. The van der Waals surface area contributed by atoms with E-state index in [9.17, 15) is 26.3 Å². The van der Waals surface area contributed by atoms with E-state index in [0.717, 1.165) is 11.0 Å². The molecule has 1 saturated heterocycles. The normalized spacial score (nSPS) is 18.4. The van der Waals surface area contributed by atoms with Crippen molar-refractivity contribution < 1.29 is 26.3 Å². The summed E-state index contributed by atoms with van der Waals surface area (Å²) in [5, 5.41) is 2.58. The van der Waals surface area contributed by atoms with Crippen LogP contribution in [0, 0.1) is 0 Å². The van der Waals surface area contributed by atoms with E-state index in [1.54, 1.807) is 0 Å². The van der Waals surface area contributed by atoms with Gasteiger partial charge in [-0.2, -0.15) is 26.3 Å². The van der Waals surface area contributed by atoms with Crippen molar-refractivity contribution in [3.05, 3.63) is 34.3 Å². The number of alkyl halides is 6. The molecular weight excluding hydrogens is 369 g/mol. The first kappa shape index (κ1) is 20.3. The smallest absolute Gasteiger partial charge is 0.314 e. The number of hydrogen-bond donors (Lipinski definition) is 1. The zero-order chi connectivity index (χ0) is 16.5. The Kier molecular flexibility index (Phi) is 6.60. The standard InChI is InChI=1S/C13H13ClF6N2.ClH/c14-10-2-1-8(12(15,16)17)7-9(10)11(13(18,19)20)22-5-3-21-4-6-22;/h1-2,7,11,21H,3-6H2;1H/t11-;/m0./s1. The van der Waals surface area contributed by atoms with Crippen molar-refractivity contribution in [3.63, 3.8) is 0 Å². The quantitative estimate of drug-likeness (QED) is 0.767. The van der Waals surface area contributed by atoms with E-state index in [4.69, 9.17) is 11.6 Å². The summed E-state index contributed by atoms with van der Waals surface area (Å²) in [7, 11) is 0. The average Bonchev–Trinajstić information content (AvgIpc) is 2.39. The highest BCUT2D eigenvalue weighted by Gasteiger charge is 2.46. The second kappa shape index (κ2) is 7.46. The number of benzene rings is 1. The highest BCUT2D eigenvalue weighted by molar-refractivity contribution is 6.31. The summed E-state index contributed by atoms with van der Waals surface area (Å²) in [4.78, 5) is 1.10. The maximum absolute atomic E-state index is 13.4. The maximum atomic E-state index is 13.4. The summed E-state index contributed by atoms with van der Waals surface area (Å²) < 4.78 is 78.5. The molecule has 0 saturated carbocycles. The maximum Gasteiger partial charge on any atom is 0.416 e. The SMILES string of the molecule is Cl.FC(F)(F)c1ccc(Cl)c([C@H](N2CCNCC2)C(F)(F)F)c1. The summed E-state index contributed by atoms with van der Waals surface area (Å²) in [5.41, 5.74) is -1.71. The molecule has 0 bridgehead atoms. The third-order valence-electron chi connectivity index (χ3n) is 3.44. The minimum absolute atomic E-state index is 0. The van der Waals surface area contributed by atoms with Crippen LogP contribution >= 0.6 is 24.0 Å². The van der Waals surface area contributed by atoms with Crippen LogP contribution in [-0.4, -0.2) is 37.3 Å². The van der Waals surface area contributed by atoms with Gasteiger partial charge in [0, 0.05) is 31.2 Å². The van der Waals surface area contributed by atoms with Gasteiger partial charge >= 0.3 is 12.4 Å². The predicted octanol–water partition coefficient (Wildman–Crippen LogP) is 4.29. The molecule has 0 aliphatic carbocycles.